The first kappa shape index (κ1) is 38.5. The maximum atomic E-state index is 13.4. The molecule has 3 N–H and O–H groups in total. The number of rotatable bonds is 15. The number of hydrogen-bond donors (Lipinski definition) is 3. The van der Waals surface area contributed by atoms with Crippen molar-refractivity contribution in [2.45, 2.75) is 72.0 Å². The highest BCUT2D eigenvalue weighted by atomic mass is 19.4. The number of aromatic amines is 1. The van der Waals surface area contributed by atoms with E-state index in [4.69, 9.17) is 4.74 Å². The van der Waals surface area contributed by atoms with Gasteiger partial charge in [0.15, 0.2) is 5.78 Å². The number of esters is 1. The van der Waals surface area contributed by atoms with Gasteiger partial charge in [0, 0.05) is 49.7 Å². The number of hydrogen-bond acceptors (Lipinski definition) is 5. The minimum absolute atomic E-state index is 0.0748. The van der Waals surface area contributed by atoms with E-state index in [9.17, 15) is 32.3 Å². The topological polar surface area (TPSA) is 117 Å². The number of alkyl halides is 3. The summed E-state index contributed by atoms with van der Waals surface area (Å²) in [6, 6.07) is 17.6. The van der Waals surface area contributed by atoms with E-state index < -0.39 is 35.4 Å². The first-order valence-corrected chi connectivity index (χ1v) is 15.6. The second-order valence-electron chi connectivity index (χ2n) is 11.2. The minimum Gasteiger partial charge on any atom is -0.463 e. The Morgan fingerprint density at radius 2 is 1.64 bits per heavy atom. The van der Waals surface area contributed by atoms with E-state index in [2.05, 4.69) is 34.7 Å². The van der Waals surface area contributed by atoms with Gasteiger partial charge in [0.1, 0.15) is 0 Å². The number of ketones is 1. The van der Waals surface area contributed by atoms with Gasteiger partial charge in [0.25, 0.3) is 0 Å². The summed E-state index contributed by atoms with van der Waals surface area (Å²) in [6.45, 7) is 7.96. The van der Waals surface area contributed by atoms with Gasteiger partial charge in [-0.25, -0.2) is 4.79 Å². The third-order valence-electron chi connectivity index (χ3n) is 7.03. The minimum atomic E-state index is -4.55. The molecule has 0 aliphatic carbocycles. The van der Waals surface area contributed by atoms with Crippen molar-refractivity contribution in [3.8, 4) is 11.3 Å². The number of halogens is 3. The molecule has 0 fully saturated rings. The molecule has 0 aliphatic rings. The number of aryl methyl sites for hydroxylation is 1. The Labute approximate surface area is 274 Å². The van der Waals surface area contributed by atoms with Crippen LogP contribution in [-0.4, -0.2) is 47.7 Å². The Hall–Kier alpha value is -4.67. The molecule has 1 heterocycles. The van der Waals surface area contributed by atoms with Gasteiger partial charge in [-0.2, -0.15) is 13.2 Å². The summed E-state index contributed by atoms with van der Waals surface area (Å²) in [7, 11) is 0. The van der Waals surface area contributed by atoms with Crippen molar-refractivity contribution in [3.63, 3.8) is 0 Å². The molecule has 47 heavy (non-hydrogen) atoms. The molecule has 254 valence electrons. The summed E-state index contributed by atoms with van der Waals surface area (Å²) in [5.74, 6) is -1.32. The summed E-state index contributed by atoms with van der Waals surface area (Å²) in [5, 5.41) is 5.56. The second-order valence-corrected chi connectivity index (χ2v) is 11.2. The lowest BCUT2D eigenvalue weighted by atomic mass is 9.96. The molecule has 2 unspecified atom stereocenters. The van der Waals surface area contributed by atoms with Gasteiger partial charge in [0.2, 0.25) is 11.8 Å². The van der Waals surface area contributed by atoms with Crippen LogP contribution in [0.2, 0.25) is 0 Å². The Kier molecular flexibility index (Phi) is 16.2. The molecule has 11 heteroatoms. The normalized spacial score (nSPS) is 12.4. The quantitative estimate of drug-likeness (QED) is 0.0693. The maximum absolute atomic E-state index is 13.4. The summed E-state index contributed by atoms with van der Waals surface area (Å²) < 4.78 is 45.0. The van der Waals surface area contributed by atoms with Crippen molar-refractivity contribution >= 4 is 23.6 Å². The number of amides is 2. The van der Waals surface area contributed by atoms with Crippen molar-refractivity contribution in [3.05, 3.63) is 95.7 Å². The van der Waals surface area contributed by atoms with Gasteiger partial charge >= 0.3 is 12.1 Å². The van der Waals surface area contributed by atoms with Gasteiger partial charge in [-0.1, -0.05) is 67.1 Å². The van der Waals surface area contributed by atoms with Gasteiger partial charge < -0.3 is 20.4 Å². The van der Waals surface area contributed by atoms with Crippen LogP contribution in [0.4, 0.5) is 13.2 Å². The lowest BCUT2D eigenvalue weighted by Crippen LogP contribution is -2.35. The molecule has 8 nitrogen and oxygen atoms in total. The van der Waals surface area contributed by atoms with E-state index in [0.29, 0.717) is 13.0 Å². The largest absolute Gasteiger partial charge is 0.463 e. The SMILES string of the molecule is CCOC(=O)/C=C/C(CC(C)CCCNC(C)=O)NC(=O)CCC(=O)c1ccc(-c2ccccc2C(F)(F)F)[nH]1.Cc1ccccc1. The van der Waals surface area contributed by atoms with Gasteiger partial charge in [-0.3, -0.25) is 14.4 Å². The molecule has 0 spiro atoms. The highest BCUT2D eigenvalue weighted by Crippen LogP contribution is 2.36. The number of H-pyrrole nitrogens is 1. The van der Waals surface area contributed by atoms with Crippen molar-refractivity contribution in [1.82, 2.24) is 15.6 Å². The van der Waals surface area contributed by atoms with Crippen LogP contribution in [-0.2, 0) is 25.3 Å². The van der Waals surface area contributed by atoms with Crippen LogP contribution >= 0.6 is 0 Å². The molecule has 3 aromatic rings. The van der Waals surface area contributed by atoms with Crippen LogP contribution in [0.1, 0.15) is 74.5 Å². The monoisotopic (exact) mass is 655 g/mol. The summed E-state index contributed by atoms with van der Waals surface area (Å²) in [6.07, 6.45) is 0.00798. The summed E-state index contributed by atoms with van der Waals surface area (Å²) in [4.78, 5) is 50.9. The average Bonchev–Trinajstić information content (AvgIpc) is 3.52. The molecule has 0 saturated carbocycles. The molecular weight excluding hydrogens is 611 g/mol. The fourth-order valence-electron chi connectivity index (χ4n) is 4.69. The fourth-order valence-corrected chi connectivity index (χ4v) is 4.69. The molecule has 3 rings (SSSR count). The molecule has 0 bridgehead atoms. The zero-order valence-corrected chi connectivity index (χ0v) is 27.3. The molecule has 0 radical (unpaired) electrons. The van der Waals surface area contributed by atoms with E-state index in [-0.39, 0.29) is 48.2 Å². The predicted molar refractivity (Wildman–Crippen MR) is 175 cm³/mol. The average molecular weight is 656 g/mol. The predicted octanol–water partition coefficient (Wildman–Crippen LogP) is 7.21. The van der Waals surface area contributed by atoms with Crippen LogP contribution in [0.15, 0.2) is 78.9 Å². The lowest BCUT2D eigenvalue weighted by molar-refractivity contribution is -0.138. The fraction of sp³-hybridized carbons (Fsp3) is 0.389. The van der Waals surface area contributed by atoms with Crippen LogP contribution in [0.5, 0.6) is 0 Å². The Bertz CT molecular complexity index is 1470. The van der Waals surface area contributed by atoms with E-state index in [1.807, 2.05) is 25.1 Å². The number of Topliss-reactive ketones (excluding diaryl/α,β-unsaturated/α-hetero) is 1. The Morgan fingerprint density at radius 1 is 0.957 bits per heavy atom. The molecule has 2 aromatic carbocycles. The first-order chi connectivity index (χ1) is 22.3. The lowest BCUT2D eigenvalue weighted by Gasteiger charge is -2.20. The van der Waals surface area contributed by atoms with E-state index in [1.165, 1.54) is 48.9 Å². The smallest absolute Gasteiger partial charge is 0.417 e. The number of carbonyl (C=O) groups excluding carboxylic acids is 4. The summed E-state index contributed by atoms with van der Waals surface area (Å²) in [5.41, 5.74) is 0.682. The number of nitrogens with one attached hydrogen (secondary N) is 3. The van der Waals surface area contributed by atoms with Crippen molar-refractivity contribution in [2.24, 2.45) is 5.92 Å². The molecule has 2 atom stereocenters. The Morgan fingerprint density at radius 3 is 2.26 bits per heavy atom. The van der Waals surface area contributed by atoms with Crippen LogP contribution in [0.3, 0.4) is 0 Å². The number of aromatic nitrogens is 1. The van der Waals surface area contributed by atoms with E-state index in [0.717, 1.165) is 18.9 Å². The standard InChI is InChI=1S/C29H36F3N3O5.C7H8/c1-4-40-28(39)16-11-21(18-19(2)8-7-17-33-20(3)36)34-27(38)15-14-26(37)25-13-12-24(35-25)22-9-5-6-10-23(22)29(30,31)32;1-7-5-3-2-4-6-7/h5-6,9-13,16,19,21,35H,4,7-8,14-15,17-18H2,1-3H3,(H,33,36)(H,34,38);2-6H,1H3/b16-11+;. The highest BCUT2D eigenvalue weighted by molar-refractivity contribution is 5.97. The van der Waals surface area contributed by atoms with Crippen LogP contribution in [0.25, 0.3) is 11.3 Å². The Balaban J connectivity index is 0.000000965. The molecular formula is C36H44F3N3O5. The number of carbonyl (C=O) groups is 4. The van der Waals surface area contributed by atoms with Gasteiger partial charge in [-0.15, -0.1) is 0 Å². The highest BCUT2D eigenvalue weighted by Gasteiger charge is 2.33. The van der Waals surface area contributed by atoms with Crippen LogP contribution in [0, 0.1) is 12.8 Å². The van der Waals surface area contributed by atoms with E-state index in [1.54, 1.807) is 13.0 Å². The third kappa shape index (κ3) is 15.0. The second kappa shape index (κ2) is 19.8. The number of ether oxygens (including phenoxy) is 1. The van der Waals surface area contributed by atoms with Crippen molar-refractivity contribution < 1.29 is 37.1 Å². The van der Waals surface area contributed by atoms with Gasteiger partial charge in [-0.05, 0) is 57.2 Å². The first-order valence-electron chi connectivity index (χ1n) is 15.6. The maximum Gasteiger partial charge on any atom is 0.417 e. The van der Waals surface area contributed by atoms with E-state index >= 15 is 0 Å². The third-order valence-corrected chi connectivity index (χ3v) is 7.03. The number of benzene rings is 2. The molecule has 0 aliphatic heterocycles. The molecule has 0 saturated heterocycles. The summed E-state index contributed by atoms with van der Waals surface area (Å²) >= 11 is 0. The molecule has 1 aromatic heterocycles. The van der Waals surface area contributed by atoms with Gasteiger partial charge in [0.05, 0.1) is 17.9 Å². The van der Waals surface area contributed by atoms with Crippen molar-refractivity contribution in [2.75, 3.05) is 13.2 Å². The molecule has 2 amide bonds. The van der Waals surface area contributed by atoms with Crippen molar-refractivity contribution in [1.29, 1.82) is 0 Å². The zero-order valence-electron chi connectivity index (χ0n) is 27.3. The zero-order chi connectivity index (χ0) is 34.8. The van der Waals surface area contributed by atoms with Crippen LogP contribution < -0.4 is 10.6 Å².